The first-order chi connectivity index (χ1) is 13.0. The summed E-state index contributed by atoms with van der Waals surface area (Å²) >= 11 is 0. The molecule has 1 saturated heterocycles. The van der Waals surface area contributed by atoms with Crippen LogP contribution in [-0.2, 0) is 14.4 Å². The maximum Gasteiger partial charge on any atom is 0.260 e. The van der Waals surface area contributed by atoms with Gasteiger partial charge in [0, 0.05) is 39.0 Å². The number of methoxy groups -OCH3 is 1. The molecule has 1 aliphatic rings. The molecule has 0 aromatic heterocycles. The minimum absolute atomic E-state index is 0.0126. The van der Waals surface area contributed by atoms with Gasteiger partial charge in [-0.25, -0.2) is 5.84 Å². The number of nitrogens with two attached hydrogens (primary N) is 1. The molecule has 1 fully saturated rings. The molecular weight excluding hydrogens is 352 g/mol. The van der Waals surface area contributed by atoms with Crippen LogP contribution in [-0.4, -0.2) is 67.4 Å². The van der Waals surface area contributed by atoms with Crippen molar-refractivity contribution in [2.24, 2.45) is 5.84 Å². The van der Waals surface area contributed by atoms with E-state index in [4.69, 9.17) is 15.3 Å². The molecule has 1 aliphatic heterocycles. The van der Waals surface area contributed by atoms with Gasteiger partial charge in [-0.2, -0.15) is 0 Å². The van der Waals surface area contributed by atoms with Crippen molar-refractivity contribution in [2.75, 3.05) is 39.9 Å². The number of carbonyl (C=O) groups excluding carboxylic acids is 3. The summed E-state index contributed by atoms with van der Waals surface area (Å²) in [7, 11) is 1.58. The van der Waals surface area contributed by atoms with Crippen LogP contribution in [0.3, 0.4) is 0 Å². The smallest absolute Gasteiger partial charge is 0.260 e. The number of piperazine rings is 1. The molecule has 3 amide bonds. The van der Waals surface area contributed by atoms with Gasteiger partial charge in [-0.05, 0) is 30.7 Å². The van der Waals surface area contributed by atoms with Gasteiger partial charge in [0.15, 0.2) is 6.61 Å². The lowest BCUT2D eigenvalue weighted by molar-refractivity contribution is -0.140. The highest BCUT2D eigenvalue weighted by atomic mass is 16.5. The quantitative estimate of drug-likeness (QED) is 0.371. The molecule has 0 spiro atoms. The Balaban J connectivity index is 1.68. The van der Waals surface area contributed by atoms with E-state index < -0.39 is 0 Å². The van der Waals surface area contributed by atoms with E-state index >= 15 is 0 Å². The minimum atomic E-state index is -0.282. The second kappa shape index (κ2) is 10.4. The van der Waals surface area contributed by atoms with Gasteiger partial charge in [-0.3, -0.25) is 19.8 Å². The van der Waals surface area contributed by atoms with Gasteiger partial charge in [0.1, 0.15) is 11.5 Å². The van der Waals surface area contributed by atoms with Crippen LogP contribution in [0.15, 0.2) is 24.3 Å². The fraction of sp³-hybridized carbons (Fsp3) is 0.500. The number of hydrogen-bond donors (Lipinski definition) is 2. The standard InChI is InChI=1S/C18H26N4O5/c1-26-14-5-7-15(8-6-14)27-13-18(25)22-11-9-21(10-12-22)17(24)4-2-3-16(23)20-19/h5-8H,2-4,9-13,19H2,1H3,(H,20,23). The molecule has 1 aromatic rings. The topological polar surface area (TPSA) is 114 Å². The number of hydrogen-bond acceptors (Lipinski definition) is 6. The zero-order chi connectivity index (χ0) is 19.6. The number of nitrogens with one attached hydrogen (secondary N) is 1. The first-order valence-corrected chi connectivity index (χ1v) is 8.85. The lowest BCUT2D eigenvalue weighted by Crippen LogP contribution is -2.51. The average Bonchev–Trinajstić information content (AvgIpc) is 2.72. The maximum absolute atomic E-state index is 12.3. The number of benzene rings is 1. The molecule has 9 nitrogen and oxygen atoms in total. The zero-order valence-electron chi connectivity index (χ0n) is 15.5. The van der Waals surface area contributed by atoms with Gasteiger partial charge in [-0.1, -0.05) is 0 Å². The fourth-order valence-corrected chi connectivity index (χ4v) is 2.74. The molecule has 0 unspecified atom stereocenters. The highest BCUT2D eigenvalue weighted by Gasteiger charge is 2.24. The molecule has 0 atom stereocenters. The largest absolute Gasteiger partial charge is 0.497 e. The Hall–Kier alpha value is -2.81. The Kier molecular flexibility index (Phi) is 7.87. The third kappa shape index (κ3) is 6.45. The number of ether oxygens (including phenoxy) is 2. The van der Waals surface area contributed by atoms with E-state index in [-0.39, 0.29) is 30.7 Å². The van der Waals surface area contributed by atoms with Crippen LogP contribution in [0.4, 0.5) is 0 Å². The van der Waals surface area contributed by atoms with Crippen LogP contribution in [0, 0.1) is 0 Å². The average molecular weight is 378 g/mol. The van der Waals surface area contributed by atoms with Gasteiger partial charge in [0.25, 0.3) is 5.91 Å². The molecule has 0 saturated carbocycles. The van der Waals surface area contributed by atoms with Crippen LogP contribution in [0.2, 0.25) is 0 Å². The molecule has 27 heavy (non-hydrogen) atoms. The summed E-state index contributed by atoms with van der Waals surface area (Å²) in [5, 5.41) is 0. The lowest BCUT2D eigenvalue weighted by atomic mass is 10.2. The highest BCUT2D eigenvalue weighted by molar-refractivity contribution is 5.80. The molecule has 9 heteroatoms. The van der Waals surface area contributed by atoms with E-state index in [9.17, 15) is 14.4 Å². The summed E-state index contributed by atoms with van der Waals surface area (Å²) in [4.78, 5) is 38.9. The van der Waals surface area contributed by atoms with Gasteiger partial charge in [0.05, 0.1) is 7.11 Å². The fourth-order valence-electron chi connectivity index (χ4n) is 2.74. The molecule has 0 radical (unpaired) electrons. The summed E-state index contributed by atoms with van der Waals surface area (Å²) < 4.78 is 10.6. The molecule has 1 aromatic carbocycles. The van der Waals surface area contributed by atoms with Crippen molar-refractivity contribution in [1.29, 1.82) is 0 Å². The molecule has 2 rings (SSSR count). The number of hydrazine groups is 1. The number of carbonyl (C=O) groups is 3. The minimum Gasteiger partial charge on any atom is -0.497 e. The SMILES string of the molecule is COc1ccc(OCC(=O)N2CCN(C(=O)CCCC(=O)NN)CC2)cc1. The summed E-state index contributed by atoms with van der Waals surface area (Å²) in [6.07, 6.45) is 0.974. The molecule has 0 bridgehead atoms. The lowest BCUT2D eigenvalue weighted by Gasteiger charge is -2.34. The highest BCUT2D eigenvalue weighted by Crippen LogP contribution is 2.17. The second-order valence-corrected chi connectivity index (χ2v) is 6.15. The monoisotopic (exact) mass is 378 g/mol. The Bertz CT molecular complexity index is 642. The van der Waals surface area contributed by atoms with E-state index in [0.29, 0.717) is 44.8 Å². The molecule has 1 heterocycles. The Morgan fingerprint density at radius 3 is 2.07 bits per heavy atom. The molecule has 148 valence electrons. The predicted molar refractivity (Wildman–Crippen MR) is 97.8 cm³/mol. The summed E-state index contributed by atoms with van der Waals surface area (Å²) in [5.74, 6) is 5.91. The van der Waals surface area contributed by atoms with E-state index in [1.54, 1.807) is 41.2 Å². The number of nitrogens with zero attached hydrogens (tertiary/aromatic N) is 2. The number of rotatable bonds is 8. The second-order valence-electron chi connectivity index (χ2n) is 6.15. The number of amides is 3. The van der Waals surface area contributed by atoms with Crippen molar-refractivity contribution in [3.63, 3.8) is 0 Å². The Morgan fingerprint density at radius 2 is 1.52 bits per heavy atom. The van der Waals surface area contributed by atoms with Gasteiger partial charge < -0.3 is 19.3 Å². The van der Waals surface area contributed by atoms with Crippen molar-refractivity contribution in [3.05, 3.63) is 24.3 Å². The van der Waals surface area contributed by atoms with E-state index in [1.165, 1.54) is 0 Å². The van der Waals surface area contributed by atoms with Crippen molar-refractivity contribution in [2.45, 2.75) is 19.3 Å². The van der Waals surface area contributed by atoms with Crippen LogP contribution < -0.4 is 20.7 Å². The molecule has 3 N–H and O–H groups in total. The molecular formula is C18H26N4O5. The van der Waals surface area contributed by atoms with E-state index in [0.717, 1.165) is 5.75 Å². The van der Waals surface area contributed by atoms with Crippen LogP contribution >= 0.6 is 0 Å². The third-order valence-electron chi connectivity index (χ3n) is 4.36. The predicted octanol–water partition coefficient (Wildman–Crippen LogP) is -0.0950. The normalized spacial score (nSPS) is 13.9. The summed E-state index contributed by atoms with van der Waals surface area (Å²) in [5.41, 5.74) is 2.04. The van der Waals surface area contributed by atoms with Crippen LogP contribution in [0.25, 0.3) is 0 Å². The zero-order valence-corrected chi connectivity index (χ0v) is 15.5. The molecule has 0 aliphatic carbocycles. The Labute approximate surface area is 158 Å². The Morgan fingerprint density at radius 1 is 0.963 bits per heavy atom. The van der Waals surface area contributed by atoms with Gasteiger partial charge >= 0.3 is 0 Å². The van der Waals surface area contributed by atoms with Gasteiger partial charge in [0.2, 0.25) is 11.8 Å². The van der Waals surface area contributed by atoms with Crippen molar-refractivity contribution >= 4 is 17.7 Å². The summed E-state index contributed by atoms with van der Waals surface area (Å²) in [6, 6.07) is 7.02. The first-order valence-electron chi connectivity index (χ1n) is 8.85. The van der Waals surface area contributed by atoms with Crippen molar-refractivity contribution < 1.29 is 23.9 Å². The first kappa shape index (κ1) is 20.5. The maximum atomic E-state index is 12.3. The van der Waals surface area contributed by atoms with Crippen molar-refractivity contribution in [1.82, 2.24) is 15.2 Å². The van der Waals surface area contributed by atoms with E-state index in [1.807, 2.05) is 5.43 Å². The van der Waals surface area contributed by atoms with Crippen LogP contribution in [0.1, 0.15) is 19.3 Å². The van der Waals surface area contributed by atoms with E-state index in [2.05, 4.69) is 0 Å². The van der Waals surface area contributed by atoms with Crippen molar-refractivity contribution in [3.8, 4) is 11.5 Å². The summed E-state index contributed by atoms with van der Waals surface area (Å²) in [6.45, 7) is 1.86. The third-order valence-corrected chi connectivity index (χ3v) is 4.36. The van der Waals surface area contributed by atoms with Crippen LogP contribution in [0.5, 0.6) is 11.5 Å². The van der Waals surface area contributed by atoms with Gasteiger partial charge in [-0.15, -0.1) is 0 Å².